The molecule has 0 bridgehead atoms. The zero-order valence-electron chi connectivity index (χ0n) is 13.6. The minimum absolute atomic E-state index is 0.000469. The molecule has 0 saturated carbocycles. The summed E-state index contributed by atoms with van der Waals surface area (Å²) in [7, 11) is 0. The van der Waals surface area contributed by atoms with Crippen LogP contribution in [0.5, 0.6) is 5.75 Å². The van der Waals surface area contributed by atoms with Gasteiger partial charge in [0.25, 0.3) is 5.56 Å². The molecule has 0 spiro atoms. The lowest BCUT2D eigenvalue weighted by Crippen LogP contribution is -2.26. The molecule has 8 nitrogen and oxygen atoms in total. The number of anilines is 2. The molecule has 0 atom stereocenters. The predicted octanol–water partition coefficient (Wildman–Crippen LogP) is 0.892. The molecule has 0 unspecified atom stereocenters. The van der Waals surface area contributed by atoms with Crippen LogP contribution < -0.4 is 16.2 Å². The second-order valence-corrected chi connectivity index (χ2v) is 5.22. The fourth-order valence-corrected chi connectivity index (χ4v) is 2.63. The Bertz CT molecular complexity index is 937. The van der Waals surface area contributed by atoms with Gasteiger partial charge in [0.1, 0.15) is 34.8 Å². The van der Waals surface area contributed by atoms with E-state index in [2.05, 4.69) is 4.98 Å². The molecular formula is C17H17N5O3. The summed E-state index contributed by atoms with van der Waals surface area (Å²) < 4.78 is 0. The largest absolute Gasteiger partial charge is 0.507 e. The Hall–Kier alpha value is -3.49. The molecule has 128 valence electrons. The number of nitrogens with zero attached hydrogens (tertiary/aromatic N) is 3. The van der Waals surface area contributed by atoms with E-state index in [-0.39, 0.29) is 40.4 Å². The highest BCUT2D eigenvalue weighted by atomic mass is 16.3. The van der Waals surface area contributed by atoms with E-state index in [0.717, 1.165) is 0 Å². The van der Waals surface area contributed by atoms with E-state index in [1.54, 1.807) is 12.1 Å². The first kappa shape index (κ1) is 17.9. The van der Waals surface area contributed by atoms with Gasteiger partial charge < -0.3 is 25.8 Å². The molecular weight excluding hydrogens is 322 g/mol. The molecule has 5 N–H and O–H groups in total. The lowest BCUT2D eigenvalue weighted by Gasteiger charge is -2.23. The van der Waals surface area contributed by atoms with E-state index >= 15 is 0 Å². The summed E-state index contributed by atoms with van der Waals surface area (Å²) in [6.07, 6.45) is 0. The summed E-state index contributed by atoms with van der Waals surface area (Å²) >= 11 is 0. The normalized spacial score (nSPS) is 10.1. The van der Waals surface area contributed by atoms with E-state index in [4.69, 9.17) is 10.8 Å². The van der Waals surface area contributed by atoms with Crippen molar-refractivity contribution < 1.29 is 10.2 Å². The molecule has 0 radical (unpaired) electrons. The number of nitrogens with two attached hydrogens (primary N) is 1. The molecule has 8 heteroatoms. The van der Waals surface area contributed by atoms with E-state index in [0.29, 0.717) is 18.8 Å². The average Bonchev–Trinajstić information content (AvgIpc) is 2.59. The second kappa shape index (κ2) is 7.39. The molecule has 1 heterocycles. The number of nitrogen functional groups attached to an aromatic ring is 1. The fourth-order valence-electron chi connectivity index (χ4n) is 2.63. The number of aliphatic hydroxyl groups is 1. The topological polar surface area (TPSA) is 150 Å². The van der Waals surface area contributed by atoms with Crippen LogP contribution in [0.3, 0.4) is 0 Å². The number of phenolic OH excluding ortho intramolecular Hbond substituents is 1. The number of H-pyrrole nitrogens is 1. The number of benzene rings is 1. The maximum atomic E-state index is 12.0. The first-order valence-corrected chi connectivity index (χ1v) is 7.53. The Balaban J connectivity index is 2.71. The lowest BCUT2D eigenvalue weighted by molar-refractivity contribution is 0.302. The summed E-state index contributed by atoms with van der Waals surface area (Å²) in [5.41, 5.74) is 5.39. The van der Waals surface area contributed by atoms with Crippen LogP contribution in [0, 0.1) is 22.7 Å². The molecule has 0 aliphatic carbocycles. The summed E-state index contributed by atoms with van der Waals surface area (Å²) in [6.45, 7) is 2.86. The molecule has 0 amide bonds. The summed E-state index contributed by atoms with van der Waals surface area (Å²) in [6, 6.07) is 8.26. The Morgan fingerprint density at radius 2 is 1.96 bits per heavy atom. The summed E-state index contributed by atoms with van der Waals surface area (Å²) in [5.74, 6) is -0.368. The van der Waals surface area contributed by atoms with Gasteiger partial charge in [0.15, 0.2) is 0 Å². The molecule has 0 aliphatic rings. The maximum absolute atomic E-state index is 12.0. The highest BCUT2D eigenvalue weighted by molar-refractivity contribution is 5.84. The predicted molar refractivity (Wildman–Crippen MR) is 93.0 cm³/mol. The van der Waals surface area contributed by atoms with Gasteiger partial charge in [-0.25, -0.2) is 0 Å². The zero-order chi connectivity index (χ0) is 18.6. The molecule has 0 saturated heterocycles. The second-order valence-electron chi connectivity index (χ2n) is 5.22. The van der Waals surface area contributed by atoms with Gasteiger partial charge in [0.05, 0.1) is 6.61 Å². The van der Waals surface area contributed by atoms with Crippen molar-refractivity contribution in [3.63, 3.8) is 0 Å². The van der Waals surface area contributed by atoms with Gasteiger partial charge in [0.2, 0.25) is 0 Å². The maximum Gasteiger partial charge on any atom is 0.268 e. The van der Waals surface area contributed by atoms with Gasteiger partial charge >= 0.3 is 0 Å². The Labute approximate surface area is 144 Å². The van der Waals surface area contributed by atoms with Gasteiger partial charge in [-0.3, -0.25) is 4.79 Å². The Kier molecular flexibility index (Phi) is 5.28. The highest BCUT2D eigenvalue weighted by Gasteiger charge is 2.21. The molecule has 1 aromatic heterocycles. The number of nitriles is 2. The van der Waals surface area contributed by atoms with Gasteiger partial charge in [-0.05, 0) is 19.1 Å². The van der Waals surface area contributed by atoms with Crippen molar-refractivity contribution in [2.45, 2.75) is 6.92 Å². The van der Waals surface area contributed by atoms with E-state index in [1.165, 1.54) is 12.1 Å². The van der Waals surface area contributed by atoms with Crippen molar-refractivity contribution in [3.05, 3.63) is 39.7 Å². The lowest BCUT2D eigenvalue weighted by atomic mass is 9.95. The number of pyridine rings is 1. The van der Waals surface area contributed by atoms with Crippen molar-refractivity contribution in [2.75, 3.05) is 30.3 Å². The van der Waals surface area contributed by atoms with Crippen molar-refractivity contribution >= 4 is 11.5 Å². The molecule has 0 aliphatic heterocycles. The molecule has 0 fully saturated rings. The quantitative estimate of drug-likeness (QED) is 0.631. The van der Waals surface area contributed by atoms with Crippen molar-refractivity contribution in [1.29, 1.82) is 10.5 Å². The van der Waals surface area contributed by atoms with E-state index < -0.39 is 5.56 Å². The van der Waals surface area contributed by atoms with Gasteiger partial charge in [-0.1, -0.05) is 0 Å². The first-order chi connectivity index (χ1) is 12.0. The number of nitrogens with one attached hydrogen (secondary N) is 1. The van der Waals surface area contributed by atoms with Crippen LogP contribution in [0.15, 0.2) is 23.0 Å². The molecule has 1 aromatic carbocycles. The van der Waals surface area contributed by atoms with Crippen LogP contribution in [0.4, 0.5) is 11.5 Å². The third-order valence-corrected chi connectivity index (χ3v) is 3.84. The number of aromatic nitrogens is 1. The highest BCUT2D eigenvalue weighted by Crippen LogP contribution is 2.36. The van der Waals surface area contributed by atoms with E-state index in [9.17, 15) is 20.4 Å². The molecule has 2 aromatic rings. The minimum Gasteiger partial charge on any atom is -0.507 e. The van der Waals surface area contributed by atoms with Crippen LogP contribution in [-0.2, 0) is 0 Å². The van der Waals surface area contributed by atoms with Gasteiger partial charge in [0, 0.05) is 36.0 Å². The van der Waals surface area contributed by atoms with Crippen LogP contribution in [0.1, 0.15) is 18.1 Å². The average molecular weight is 339 g/mol. The number of aliphatic hydroxyl groups excluding tert-OH is 1. The van der Waals surface area contributed by atoms with Gasteiger partial charge in [-0.2, -0.15) is 10.5 Å². The van der Waals surface area contributed by atoms with Crippen molar-refractivity contribution in [1.82, 2.24) is 4.98 Å². The Morgan fingerprint density at radius 1 is 1.28 bits per heavy atom. The number of likely N-dealkylation sites (N-methyl/N-ethyl adjacent to an activating group) is 1. The minimum atomic E-state index is -0.729. The standard InChI is InChI=1S/C17H17N5O3/c1-2-22(5-6-23)10-3-4-11(14(24)7-10)15-12(8-18)16(20)21-17(25)13(15)9-19/h3-4,7,23-24H,2,5-6H2,1H3,(H3,20,21,25). The SMILES string of the molecule is CCN(CCO)c1ccc(-c2c(C#N)c(N)[nH]c(=O)c2C#N)c(O)c1. The number of rotatable bonds is 5. The number of aromatic hydroxyl groups is 1. The summed E-state index contributed by atoms with van der Waals surface area (Å²) in [5, 5.41) is 38.1. The fraction of sp³-hybridized carbons (Fsp3) is 0.235. The first-order valence-electron chi connectivity index (χ1n) is 7.53. The molecule has 25 heavy (non-hydrogen) atoms. The Morgan fingerprint density at radius 3 is 2.48 bits per heavy atom. The van der Waals surface area contributed by atoms with Crippen LogP contribution in [0.2, 0.25) is 0 Å². The summed E-state index contributed by atoms with van der Waals surface area (Å²) in [4.78, 5) is 16.1. The van der Waals surface area contributed by atoms with Crippen molar-refractivity contribution in [2.24, 2.45) is 0 Å². The number of hydrogen-bond donors (Lipinski definition) is 4. The van der Waals surface area contributed by atoms with Crippen LogP contribution in [0.25, 0.3) is 11.1 Å². The van der Waals surface area contributed by atoms with Crippen LogP contribution in [-0.4, -0.2) is 34.9 Å². The smallest absolute Gasteiger partial charge is 0.268 e. The third kappa shape index (κ3) is 3.25. The number of hydrogen-bond acceptors (Lipinski definition) is 7. The number of aromatic amines is 1. The monoisotopic (exact) mass is 339 g/mol. The molecule has 2 rings (SSSR count). The van der Waals surface area contributed by atoms with Gasteiger partial charge in [-0.15, -0.1) is 0 Å². The van der Waals surface area contributed by atoms with E-state index in [1.807, 2.05) is 17.9 Å². The third-order valence-electron chi connectivity index (χ3n) is 3.84. The van der Waals surface area contributed by atoms with Crippen molar-refractivity contribution in [3.8, 4) is 29.0 Å². The zero-order valence-corrected chi connectivity index (χ0v) is 13.6. The number of phenols is 1. The van der Waals surface area contributed by atoms with Crippen LogP contribution >= 0.6 is 0 Å².